The van der Waals surface area contributed by atoms with Crippen molar-refractivity contribution in [2.24, 2.45) is 4.99 Å². The molecule has 4 rings (SSSR count). The van der Waals surface area contributed by atoms with Gasteiger partial charge in [-0.2, -0.15) is 10.1 Å². The van der Waals surface area contributed by atoms with Crippen LogP contribution in [0.3, 0.4) is 0 Å². The van der Waals surface area contributed by atoms with Crippen LogP contribution in [0, 0.1) is 11.7 Å². The van der Waals surface area contributed by atoms with Crippen molar-refractivity contribution in [3.05, 3.63) is 85.8 Å². The van der Waals surface area contributed by atoms with E-state index in [9.17, 15) is 4.79 Å². The summed E-state index contributed by atoms with van der Waals surface area (Å²) in [6.45, 7) is 2.99. The van der Waals surface area contributed by atoms with Gasteiger partial charge in [0.2, 0.25) is 5.91 Å². The van der Waals surface area contributed by atoms with E-state index in [-0.39, 0.29) is 12.3 Å². The Kier molecular flexibility index (Phi) is 6.60. The number of H-pyrrole nitrogens is 1. The normalized spacial score (nSPS) is 11.7. The molecule has 0 fully saturated rings. The van der Waals surface area contributed by atoms with Crippen LogP contribution in [0.4, 0.5) is 0 Å². The minimum atomic E-state index is -0.215. The zero-order valence-electron chi connectivity index (χ0n) is 16.8. The summed E-state index contributed by atoms with van der Waals surface area (Å²) in [7, 11) is 0. The highest BCUT2D eigenvalue weighted by atomic mass is 35.5. The van der Waals surface area contributed by atoms with Crippen LogP contribution >= 0.6 is 35.2 Å². The summed E-state index contributed by atoms with van der Waals surface area (Å²) in [6.07, 6.45) is 2.12. The van der Waals surface area contributed by atoms with Gasteiger partial charge < -0.3 is 4.57 Å². The monoisotopic (exact) mass is 469 g/mol. The number of nitrogens with zero attached hydrogens (tertiary/aromatic N) is 4. The van der Waals surface area contributed by atoms with Gasteiger partial charge in [0.15, 0.2) is 15.4 Å². The highest BCUT2D eigenvalue weighted by Gasteiger charge is 2.11. The molecule has 0 atom stereocenters. The van der Waals surface area contributed by atoms with Gasteiger partial charge in [-0.1, -0.05) is 59.6 Å². The molecule has 6 nitrogen and oxygen atoms in total. The second-order valence-corrected chi connectivity index (χ2v) is 8.70. The minimum Gasteiger partial charge on any atom is -0.319 e. The molecule has 31 heavy (non-hydrogen) atoms. The molecule has 2 aromatic carbocycles. The first-order chi connectivity index (χ1) is 15.0. The number of nitrogens with one attached hydrogen (secondary N) is 1. The highest BCUT2D eigenvalue weighted by Crippen LogP contribution is 2.18. The molecule has 0 aliphatic carbocycles. The molecule has 0 aliphatic rings. The molecule has 0 aliphatic heterocycles. The van der Waals surface area contributed by atoms with Gasteiger partial charge in [-0.3, -0.25) is 14.5 Å². The van der Waals surface area contributed by atoms with Crippen molar-refractivity contribution in [3.8, 4) is 11.4 Å². The predicted octanol–water partition coefficient (Wildman–Crippen LogP) is 5.00. The summed E-state index contributed by atoms with van der Waals surface area (Å²) in [5.41, 5.74) is 3.08. The first-order valence-electron chi connectivity index (χ1n) is 9.68. The molecule has 0 saturated heterocycles. The van der Waals surface area contributed by atoms with E-state index >= 15 is 0 Å². The van der Waals surface area contributed by atoms with E-state index in [1.54, 1.807) is 0 Å². The predicted molar refractivity (Wildman–Crippen MR) is 126 cm³/mol. The molecule has 1 amide bonds. The van der Waals surface area contributed by atoms with Crippen LogP contribution < -0.4 is 4.80 Å². The average Bonchev–Trinajstić information content (AvgIpc) is 3.35. The van der Waals surface area contributed by atoms with Crippen molar-refractivity contribution >= 4 is 41.1 Å². The van der Waals surface area contributed by atoms with E-state index in [1.807, 2.05) is 76.2 Å². The van der Waals surface area contributed by atoms with E-state index < -0.39 is 0 Å². The first kappa shape index (κ1) is 21.4. The Balaban J connectivity index is 1.50. The van der Waals surface area contributed by atoms with E-state index in [0.29, 0.717) is 33.5 Å². The summed E-state index contributed by atoms with van der Waals surface area (Å²) in [5.74, 6) is 0.496. The molecule has 1 N–H and O–H groups in total. The molecule has 4 aromatic rings. The summed E-state index contributed by atoms with van der Waals surface area (Å²) < 4.78 is 4.23. The summed E-state index contributed by atoms with van der Waals surface area (Å²) in [4.78, 5) is 17.6. The molecule has 0 unspecified atom stereocenters. The molecule has 0 spiro atoms. The number of amides is 1. The third-order valence-corrected chi connectivity index (χ3v) is 6.27. The lowest BCUT2D eigenvalue weighted by atomic mass is 10.1. The fraction of sp³-hybridized carbons (Fsp3) is 0.182. The Morgan fingerprint density at radius 1 is 1.23 bits per heavy atom. The van der Waals surface area contributed by atoms with Crippen molar-refractivity contribution in [1.29, 1.82) is 0 Å². The van der Waals surface area contributed by atoms with Gasteiger partial charge in [-0.15, -0.1) is 11.3 Å². The van der Waals surface area contributed by atoms with E-state index in [2.05, 4.69) is 15.2 Å². The minimum absolute atomic E-state index is 0.215. The fourth-order valence-corrected chi connectivity index (χ4v) is 4.30. The number of thiazole rings is 1. The number of halogens is 1. The summed E-state index contributed by atoms with van der Waals surface area (Å²) in [5, 5.41) is 9.75. The lowest BCUT2D eigenvalue weighted by Gasteiger charge is -2.06. The van der Waals surface area contributed by atoms with E-state index in [1.165, 1.54) is 16.9 Å². The maximum Gasteiger partial charge on any atom is 0.250 e. The van der Waals surface area contributed by atoms with Crippen LogP contribution in [-0.2, 0) is 17.9 Å². The van der Waals surface area contributed by atoms with Crippen molar-refractivity contribution in [3.63, 3.8) is 0 Å². The van der Waals surface area contributed by atoms with Gasteiger partial charge in [0.05, 0.1) is 6.54 Å². The molecule has 158 valence electrons. The third-order valence-electron chi connectivity index (χ3n) is 4.80. The smallest absolute Gasteiger partial charge is 0.250 e. The quantitative estimate of drug-likeness (QED) is 0.404. The summed E-state index contributed by atoms with van der Waals surface area (Å²) >= 11 is 13.0. The maximum absolute atomic E-state index is 12.6. The van der Waals surface area contributed by atoms with Gasteiger partial charge in [0, 0.05) is 35.1 Å². The average molecular weight is 470 g/mol. The third kappa shape index (κ3) is 5.10. The summed E-state index contributed by atoms with van der Waals surface area (Å²) in [6, 6.07) is 15.7. The maximum atomic E-state index is 12.6. The van der Waals surface area contributed by atoms with Gasteiger partial charge in [0.25, 0.3) is 0 Å². The second-order valence-electron chi connectivity index (χ2n) is 7.03. The molecule has 9 heteroatoms. The molecular formula is C22H20ClN5OS2. The van der Waals surface area contributed by atoms with Crippen LogP contribution in [0.25, 0.3) is 11.4 Å². The molecular weight excluding hydrogens is 450 g/mol. The van der Waals surface area contributed by atoms with Crippen LogP contribution in [0.5, 0.6) is 0 Å². The van der Waals surface area contributed by atoms with Gasteiger partial charge >= 0.3 is 0 Å². The number of carbonyl (C=O) groups excluding carboxylic acids is 1. The molecule has 0 bridgehead atoms. The number of benzene rings is 2. The Morgan fingerprint density at radius 3 is 2.77 bits per heavy atom. The standard InChI is InChI=1S/C22H20ClN5OS2/c1-15-6-8-16(9-7-15)20-25-26-21(30)28(20)11-10-19(29)24-22-27(12-13-31-22)14-17-4-2-3-5-18(17)23/h2-9,12-13H,10-11,14H2,1H3,(H,26,30). The lowest BCUT2D eigenvalue weighted by molar-refractivity contribution is -0.118. The number of hydrogen-bond acceptors (Lipinski definition) is 4. The van der Waals surface area contributed by atoms with Crippen LogP contribution in [0.1, 0.15) is 17.5 Å². The van der Waals surface area contributed by atoms with Crippen molar-refractivity contribution in [1.82, 2.24) is 19.3 Å². The Labute approximate surface area is 193 Å². The van der Waals surface area contributed by atoms with Crippen LogP contribution in [0.15, 0.2) is 65.1 Å². The van der Waals surface area contributed by atoms with Crippen molar-refractivity contribution < 1.29 is 4.79 Å². The topological polar surface area (TPSA) is 68.0 Å². The van der Waals surface area contributed by atoms with Crippen molar-refractivity contribution in [2.75, 3.05) is 0 Å². The number of rotatable bonds is 6. The van der Waals surface area contributed by atoms with Crippen molar-refractivity contribution in [2.45, 2.75) is 26.4 Å². The Morgan fingerprint density at radius 2 is 2.00 bits per heavy atom. The zero-order valence-corrected chi connectivity index (χ0v) is 19.2. The van der Waals surface area contributed by atoms with E-state index in [4.69, 9.17) is 23.8 Å². The van der Waals surface area contributed by atoms with Gasteiger partial charge in [-0.05, 0) is 30.8 Å². The second kappa shape index (κ2) is 9.55. The number of aromatic nitrogens is 4. The van der Waals surface area contributed by atoms with Gasteiger partial charge in [-0.25, -0.2) is 0 Å². The lowest BCUT2D eigenvalue weighted by Crippen LogP contribution is -2.17. The fourth-order valence-electron chi connectivity index (χ4n) is 3.14. The van der Waals surface area contributed by atoms with Crippen LogP contribution in [-0.4, -0.2) is 25.2 Å². The molecule has 0 radical (unpaired) electrons. The van der Waals surface area contributed by atoms with E-state index in [0.717, 1.165) is 11.1 Å². The molecule has 2 heterocycles. The molecule has 2 aromatic heterocycles. The number of carbonyl (C=O) groups is 1. The number of hydrogen-bond donors (Lipinski definition) is 1. The number of aromatic amines is 1. The SMILES string of the molecule is Cc1ccc(-c2n[nH]c(=S)n2CCC(=O)N=c2sccn2Cc2ccccc2Cl)cc1. The van der Waals surface area contributed by atoms with Crippen LogP contribution in [0.2, 0.25) is 5.02 Å². The zero-order chi connectivity index (χ0) is 21.8. The first-order valence-corrected chi connectivity index (χ1v) is 11.3. The Hall–Kier alpha value is -2.81. The molecule has 0 saturated carbocycles. The Bertz CT molecular complexity index is 1330. The van der Waals surface area contributed by atoms with Gasteiger partial charge in [0.1, 0.15) is 0 Å². The largest absolute Gasteiger partial charge is 0.319 e. The number of aryl methyl sites for hydroxylation is 1. The highest BCUT2D eigenvalue weighted by molar-refractivity contribution is 7.71.